The minimum absolute atomic E-state index is 0.446. The number of nitrogen functional groups attached to an aromatic ring is 1. The van der Waals surface area contributed by atoms with Gasteiger partial charge in [-0.25, -0.2) is 15.0 Å². The number of piperazine rings is 1. The van der Waals surface area contributed by atoms with E-state index in [9.17, 15) is 0 Å². The summed E-state index contributed by atoms with van der Waals surface area (Å²) in [5, 5.41) is 3.61. The summed E-state index contributed by atoms with van der Waals surface area (Å²) in [7, 11) is 2.24. The quantitative estimate of drug-likeness (QED) is 0.419. The summed E-state index contributed by atoms with van der Waals surface area (Å²) in [6.07, 6.45) is 10.1. The molecule has 0 atom stereocenters. The zero-order valence-corrected chi connectivity index (χ0v) is 24.6. The lowest BCUT2D eigenvalue weighted by atomic mass is 9.85. The van der Waals surface area contributed by atoms with E-state index in [2.05, 4.69) is 64.1 Å². The number of anilines is 3. The molecule has 3 fully saturated rings. The Labute approximate surface area is 239 Å². The molecule has 0 radical (unpaired) electrons. The molecule has 8 heteroatoms. The molecule has 6 rings (SSSR count). The van der Waals surface area contributed by atoms with E-state index >= 15 is 0 Å². The number of aryl methyl sites for hydroxylation is 2. The van der Waals surface area contributed by atoms with Crippen LogP contribution in [0.4, 0.5) is 17.3 Å². The van der Waals surface area contributed by atoms with Crippen molar-refractivity contribution in [1.82, 2.24) is 24.8 Å². The molecule has 2 aliphatic heterocycles. The number of nitrogens with zero attached hydrogens (tertiary/aromatic N) is 6. The molecular formula is C32H46N8. The molecule has 2 aromatic heterocycles. The van der Waals surface area contributed by atoms with E-state index in [1.54, 1.807) is 0 Å². The first-order valence-electron chi connectivity index (χ1n) is 15.5. The summed E-state index contributed by atoms with van der Waals surface area (Å²) in [5.74, 6) is 2.09. The average molecular weight is 543 g/mol. The molecule has 2 saturated heterocycles. The maximum atomic E-state index is 6.33. The number of rotatable bonds is 8. The molecule has 3 aliphatic rings. The van der Waals surface area contributed by atoms with E-state index in [0.29, 0.717) is 11.3 Å². The van der Waals surface area contributed by atoms with Crippen LogP contribution in [0.5, 0.6) is 0 Å². The normalized spacial score (nSPS) is 19.7. The summed E-state index contributed by atoms with van der Waals surface area (Å²) in [4.78, 5) is 22.4. The lowest BCUT2D eigenvalue weighted by Crippen LogP contribution is -2.52. The summed E-state index contributed by atoms with van der Waals surface area (Å²) >= 11 is 0. The lowest BCUT2D eigenvalue weighted by Gasteiger charge is -2.43. The van der Waals surface area contributed by atoms with Gasteiger partial charge in [-0.1, -0.05) is 26.3 Å². The van der Waals surface area contributed by atoms with E-state index in [0.717, 1.165) is 72.6 Å². The number of aromatic nitrogens is 3. The highest BCUT2D eigenvalue weighted by molar-refractivity contribution is 5.97. The van der Waals surface area contributed by atoms with Crippen LogP contribution in [0, 0.1) is 5.92 Å². The molecule has 0 unspecified atom stereocenters. The van der Waals surface area contributed by atoms with Crippen LogP contribution >= 0.6 is 0 Å². The number of hydrogen-bond acceptors (Lipinski definition) is 8. The first-order valence-corrected chi connectivity index (χ1v) is 15.5. The van der Waals surface area contributed by atoms with Gasteiger partial charge in [-0.05, 0) is 74.8 Å². The minimum atomic E-state index is 0.446. The number of nitrogens with two attached hydrogens (primary N) is 1. The van der Waals surface area contributed by atoms with Gasteiger partial charge in [-0.15, -0.1) is 0 Å². The molecule has 4 heterocycles. The predicted octanol–water partition coefficient (Wildman–Crippen LogP) is 4.83. The molecule has 40 heavy (non-hydrogen) atoms. The van der Waals surface area contributed by atoms with Crippen LogP contribution in [0.1, 0.15) is 57.2 Å². The summed E-state index contributed by atoms with van der Waals surface area (Å²) in [5.41, 5.74) is 13.7. The van der Waals surface area contributed by atoms with E-state index in [1.165, 1.54) is 69.5 Å². The Kier molecular flexibility index (Phi) is 8.08. The summed E-state index contributed by atoms with van der Waals surface area (Å²) < 4.78 is 0. The first-order chi connectivity index (χ1) is 19.5. The summed E-state index contributed by atoms with van der Waals surface area (Å²) in [6.45, 7) is 12.4. The molecular weight excluding hydrogens is 496 g/mol. The molecule has 0 bridgehead atoms. The number of likely N-dealkylation sites (N-methyl/N-ethyl adjacent to an activating group) is 1. The Bertz CT molecular complexity index is 1320. The van der Waals surface area contributed by atoms with Crippen LogP contribution < -0.4 is 16.0 Å². The highest BCUT2D eigenvalue weighted by Gasteiger charge is 2.27. The van der Waals surface area contributed by atoms with E-state index < -0.39 is 0 Å². The topological polar surface area (TPSA) is 86.4 Å². The van der Waals surface area contributed by atoms with Crippen molar-refractivity contribution in [2.75, 3.05) is 68.8 Å². The monoisotopic (exact) mass is 542 g/mol. The second-order valence-corrected chi connectivity index (χ2v) is 12.1. The third kappa shape index (κ3) is 5.48. The Morgan fingerprint density at radius 2 is 1.70 bits per heavy atom. The van der Waals surface area contributed by atoms with Gasteiger partial charge in [-0.3, -0.25) is 4.90 Å². The van der Waals surface area contributed by atoms with Crippen LogP contribution in [0.2, 0.25) is 0 Å². The fraction of sp³-hybridized carbons (Fsp3) is 0.594. The molecule has 1 saturated carbocycles. The maximum absolute atomic E-state index is 6.33. The highest BCUT2D eigenvalue weighted by atomic mass is 15.3. The molecule has 0 spiro atoms. The van der Waals surface area contributed by atoms with Gasteiger partial charge < -0.3 is 20.9 Å². The van der Waals surface area contributed by atoms with Crippen LogP contribution in [0.15, 0.2) is 24.4 Å². The predicted molar refractivity (Wildman–Crippen MR) is 166 cm³/mol. The maximum Gasteiger partial charge on any atom is 0.151 e. The van der Waals surface area contributed by atoms with Gasteiger partial charge in [0.2, 0.25) is 0 Å². The van der Waals surface area contributed by atoms with Gasteiger partial charge in [0.1, 0.15) is 16.9 Å². The number of piperidine rings is 1. The van der Waals surface area contributed by atoms with Crippen molar-refractivity contribution in [3.05, 3.63) is 35.7 Å². The fourth-order valence-electron chi connectivity index (χ4n) is 6.63. The number of nitrogens with one attached hydrogen (secondary N) is 1. The number of pyridine rings is 1. The number of benzene rings is 1. The molecule has 214 valence electrons. The van der Waals surface area contributed by atoms with Crippen molar-refractivity contribution in [3.63, 3.8) is 0 Å². The lowest BCUT2D eigenvalue weighted by molar-refractivity contribution is 0.0982. The zero-order chi connectivity index (χ0) is 27.6. The van der Waals surface area contributed by atoms with Crippen LogP contribution in [-0.2, 0) is 12.8 Å². The van der Waals surface area contributed by atoms with Gasteiger partial charge >= 0.3 is 0 Å². The third-order valence-corrected chi connectivity index (χ3v) is 9.55. The van der Waals surface area contributed by atoms with Crippen LogP contribution in [0.25, 0.3) is 22.2 Å². The van der Waals surface area contributed by atoms with E-state index in [-0.39, 0.29) is 0 Å². The third-order valence-electron chi connectivity index (χ3n) is 9.55. The van der Waals surface area contributed by atoms with Gasteiger partial charge in [-0.2, -0.15) is 0 Å². The molecule has 3 N–H and O–H groups in total. The number of fused-ring (bicyclic) bond motifs is 1. The Morgan fingerprint density at radius 1 is 0.925 bits per heavy atom. The molecule has 1 aromatic carbocycles. The number of hydrogen-bond donors (Lipinski definition) is 2. The second kappa shape index (κ2) is 11.9. The van der Waals surface area contributed by atoms with E-state index in [1.807, 2.05) is 6.20 Å². The fourth-order valence-corrected chi connectivity index (χ4v) is 6.63. The highest BCUT2D eigenvalue weighted by Crippen LogP contribution is 2.35. The average Bonchev–Trinajstić information content (AvgIpc) is 2.96. The van der Waals surface area contributed by atoms with Crippen molar-refractivity contribution in [1.29, 1.82) is 0 Å². The Balaban J connectivity index is 1.25. The Hall–Kier alpha value is -2.97. The van der Waals surface area contributed by atoms with Gasteiger partial charge in [0.15, 0.2) is 5.82 Å². The van der Waals surface area contributed by atoms with Crippen molar-refractivity contribution >= 4 is 28.4 Å². The molecule has 8 nitrogen and oxygen atoms in total. The first kappa shape index (κ1) is 27.2. The van der Waals surface area contributed by atoms with Crippen LogP contribution in [-0.4, -0.2) is 83.7 Å². The standard InChI is InChI=1S/C32H46N8/c1-4-23-19-24(9-10-28(23)40-13-11-25(12-14-40)39-17-15-38(3)16-18-39)26-21-34-31(33)30-29(26)37-32(27(5-2)36-30)35-20-22-7-6-8-22/h9-10,19,21-22,25H,4-8,11-18,20H2,1-3H3,(H2,33,34)(H,35,37). The Morgan fingerprint density at radius 3 is 2.38 bits per heavy atom. The van der Waals surface area contributed by atoms with Crippen molar-refractivity contribution in [2.45, 2.75) is 64.8 Å². The van der Waals surface area contributed by atoms with E-state index in [4.69, 9.17) is 15.7 Å². The molecule has 1 aliphatic carbocycles. The molecule has 3 aromatic rings. The van der Waals surface area contributed by atoms with Crippen LogP contribution in [0.3, 0.4) is 0 Å². The van der Waals surface area contributed by atoms with Gasteiger partial charge in [0, 0.05) is 69.3 Å². The van der Waals surface area contributed by atoms with Crippen molar-refractivity contribution in [2.24, 2.45) is 5.92 Å². The van der Waals surface area contributed by atoms with Crippen molar-refractivity contribution in [3.8, 4) is 11.1 Å². The van der Waals surface area contributed by atoms with Gasteiger partial charge in [0.25, 0.3) is 0 Å². The summed E-state index contributed by atoms with van der Waals surface area (Å²) in [6, 6.07) is 7.62. The van der Waals surface area contributed by atoms with Crippen molar-refractivity contribution < 1.29 is 0 Å². The molecule has 0 amide bonds. The van der Waals surface area contributed by atoms with Gasteiger partial charge in [0.05, 0.1) is 5.69 Å². The second-order valence-electron chi connectivity index (χ2n) is 12.1. The smallest absolute Gasteiger partial charge is 0.151 e. The zero-order valence-electron chi connectivity index (χ0n) is 24.6. The SMILES string of the molecule is CCc1cc(-c2cnc(N)c3nc(CC)c(NCC4CCC4)nc23)ccc1N1CCC(N2CCN(C)CC2)CC1. The largest absolute Gasteiger partial charge is 0.382 e. The minimum Gasteiger partial charge on any atom is -0.382 e.